The summed E-state index contributed by atoms with van der Waals surface area (Å²) in [7, 11) is 1.31. The number of carbonyl (C=O) groups excluding carboxylic acids is 1. The van der Waals surface area contributed by atoms with Crippen LogP contribution in [-0.2, 0) is 28.5 Å². The quantitative estimate of drug-likeness (QED) is 0.512. The van der Waals surface area contributed by atoms with E-state index in [1.807, 2.05) is 23.1 Å². The first-order chi connectivity index (χ1) is 15.3. The highest BCUT2D eigenvalue weighted by atomic mass is 19.4. The largest absolute Gasteiger partial charge is 0.467 e. The van der Waals surface area contributed by atoms with E-state index >= 15 is 0 Å². The number of aliphatic imine (C=N–C) groups is 1. The van der Waals surface area contributed by atoms with Crippen LogP contribution in [0.1, 0.15) is 16.7 Å². The summed E-state index contributed by atoms with van der Waals surface area (Å²) in [4.78, 5) is 18.6. The summed E-state index contributed by atoms with van der Waals surface area (Å²) in [6.45, 7) is 0.949. The van der Waals surface area contributed by atoms with Crippen LogP contribution in [-0.4, -0.2) is 42.9 Å². The molecule has 1 heterocycles. The van der Waals surface area contributed by atoms with Crippen LogP contribution < -0.4 is 0 Å². The molecule has 0 saturated carbocycles. The van der Waals surface area contributed by atoms with E-state index in [0.29, 0.717) is 24.5 Å². The van der Waals surface area contributed by atoms with E-state index in [9.17, 15) is 18.0 Å². The molecule has 0 bridgehead atoms. The number of amidine groups is 1. The standard InChI is InChI=1S/C25H23F3N2O2/c1-32-24(31)22-16-30(13-12-19-9-5-8-18-7-2-3-11-21(18)19)23(29-22)15-17-6-4-10-20(14-17)25(26,27)28/h2-11,14,22H,12-13,15-16H2,1H3. The molecule has 166 valence electrons. The molecule has 1 atom stereocenters. The number of alkyl halides is 3. The lowest BCUT2D eigenvalue weighted by molar-refractivity contribution is -0.142. The van der Waals surface area contributed by atoms with Crippen molar-refractivity contribution in [1.29, 1.82) is 0 Å². The molecule has 1 aliphatic heterocycles. The Hall–Kier alpha value is -3.35. The second kappa shape index (κ2) is 9.02. The topological polar surface area (TPSA) is 41.9 Å². The van der Waals surface area contributed by atoms with E-state index in [-0.39, 0.29) is 6.42 Å². The summed E-state index contributed by atoms with van der Waals surface area (Å²) in [5.41, 5.74) is 0.975. The molecule has 3 aromatic carbocycles. The number of rotatable bonds is 6. The van der Waals surface area contributed by atoms with Crippen molar-refractivity contribution in [3.8, 4) is 0 Å². The molecule has 3 aromatic rings. The van der Waals surface area contributed by atoms with Gasteiger partial charge in [0.1, 0.15) is 5.84 Å². The number of benzene rings is 3. The van der Waals surface area contributed by atoms with Crippen LogP contribution in [0.3, 0.4) is 0 Å². The van der Waals surface area contributed by atoms with Crippen molar-refractivity contribution in [2.45, 2.75) is 25.1 Å². The van der Waals surface area contributed by atoms with Gasteiger partial charge in [0.2, 0.25) is 0 Å². The fraction of sp³-hybridized carbons (Fsp3) is 0.280. The Morgan fingerprint density at radius 1 is 1.09 bits per heavy atom. The van der Waals surface area contributed by atoms with Crippen molar-refractivity contribution in [3.63, 3.8) is 0 Å². The number of hydrogen-bond donors (Lipinski definition) is 0. The van der Waals surface area contributed by atoms with E-state index < -0.39 is 23.8 Å². The molecule has 0 radical (unpaired) electrons. The van der Waals surface area contributed by atoms with E-state index in [1.165, 1.54) is 18.7 Å². The predicted molar refractivity (Wildman–Crippen MR) is 118 cm³/mol. The van der Waals surface area contributed by atoms with Crippen molar-refractivity contribution in [1.82, 2.24) is 4.90 Å². The summed E-state index contributed by atoms with van der Waals surface area (Å²) >= 11 is 0. The fourth-order valence-electron chi connectivity index (χ4n) is 4.06. The monoisotopic (exact) mass is 440 g/mol. The Balaban J connectivity index is 1.55. The highest BCUT2D eigenvalue weighted by Gasteiger charge is 2.32. The first kappa shape index (κ1) is 21.9. The zero-order valence-corrected chi connectivity index (χ0v) is 17.6. The minimum atomic E-state index is -4.41. The maximum Gasteiger partial charge on any atom is 0.416 e. The van der Waals surface area contributed by atoms with Crippen LogP contribution in [0.25, 0.3) is 10.8 Å². The van der Waals surface area contributed by atoms with Crippen molar-refractivity contribution in [2.24, 2.45) is 4.99 Å². The zero-order chi connectivity index (χ0) is 22.7. The number of nitrogens with zero attached hydrogens (tertiary/aromatic N) is 2. The molecule has 0 saturated heterocycles. The van der Waals surface area contributed by atoms with Crippen molar-refractivity contribution in [3.05, 3.63) is 83.4 Å². The van der Waals surface area contributed by atoms with Crippen molar-refractivity contribution >= 4 is 22.6 Å². The summed E-state index contributed by atoms with van der Waals surface area (Å²) in [6.07, 6.45) is -3.47. The van der Waals surface area contributed by atoms with Crippen LogP contribution in [0, 0.1) is 0 Å². The van der Waals surface area contributed by atoms with E-state index in [0.717, 1.165) is 29.3 Å². The Morgan fingerprint density at radius 3 is 2.62 bits per heavy atom. The molecule has 1 unspecified atom stereocenters. The van der Waals surface area contributed by atoms with Crippen LogP contribution in [0.2, 0.25) is 0 Å². The first-order valence-corrected chi connectivity index (χ1v) is 10.4. The molecule has 7 heteroatoms. The normalized spacial score (nSPS) is 16.3. The molecule has 0 amide bonds. The van der Waals surface area contributed by atoms with Crippen LogP contribution in [0.15, 0.2) is 71.7 Å². The number of esters is 1. The molecular formula is C25H23F3N2O2. The molecule has 0 aliphatic carbocycles. The maximum absolute atomic E-state index is 13.1. The van der Waals surface area contributed by atoms with Gasteiger partial charge in [-0.3, -0.25) is 4.99 Å². The van der Waals surface area contributed by atoms with Gasteiger partial charge in [-0.1, -0.05) is 60.7 Å². The van der Waals surface area contributed by atoms with Gasteiger partial charge in [0.25, 0.3) is 0 Å². The maximum atomic E-state index is 13.1. The number of hydrogen-bond acceptors (Lipinski definition) is 4. The van der Waals surface area contributed by atoms with Gasteiger partial charge in [-0.2, -0.15) is 13.2 Å². The molecule has 0 aromatic heterocycles. The lowest BCUT2D eigenvalue weighted by Crippen LogP contribution is -2.34. The summed E-state index contributed by atoms with van der Waals surface area (Å²) in [5.74, 6) is 0.152. The van der Waals surface area contributed by atoms with Crippen LogP contribution >= 0.6 is 0 Å². The number of halogens is 3. The number of carbonyl (C=O) groups is 1. The van der Waals surface area contributed by atoms with E-state index in [4.69, 9.17) is 4.74 Å². The van der Waals surface area contributed by atoms with Crippen LogP contribution in [0.5, 0.6) is 0 Å². The molecule has 0 N–H and O–H groups in total. The average Bonchev–Trinajstić information content (AvgIpc) is 3.19. The minimum Gasteiger partial charge on any atom is -0.467 e. The summed E-state index contributed by atoms with van der Waals surface area (Å²) in [5, 5.41) is 2.31. The molecular weight excluding hydrogens is 417 g/mol. The number of methoxy groups -OCH3 is 1. The van der Waals surface area contributed by atoms with Gasteiger partial charge < -0.3 is 9.64 Å². The first-order valence-electron chi connectivity index (χ1n) is 10.4. The Morgan fingerprint density at radius 2 is 1.84 bits per heavy atom. The second-order valence-electron chi connectivity index (χ2n) is 7.79. The third kappa shape index (κ3) is 4.77. The smallest absolute Gasteiger partial charge is 0.416 e. The highest BCUT2D eigenvalue weighted by molar-refractivity contribution is 5.91. The Labute approximate surface area is 184 Å². The van der Waals surface area contributed by atoms with Crippen molar-refractivity contribution < 1.29 is 22.7 Å². The summed E-state index contributed by atoms with van der Waals surface area (Å²) in [6, 6.07) is 18.8. The van der Waals surface area contributed by atoms with Gasteiger partial charge in [0, 0.05) is 13.0 Å². The molecule has 1 aliphatic rings. The van der Waals surface area contributed by atoms with E-state index in [2.05, 4.69) is 29.3 Å². The molecule has 0 fully saturated rings. The average molecular weight is 440 g/mol. The van der Waals surface area contributed by atoms with Gasteiger partial charge in [-0.25, -0.2) is 4.79 Å². The molecule has 4 nitrogen and oxygen atoms in total. The van der Waals surface area contributed by atoms with Gasteiger partial charge in [-0.15, -0.1) is 0 Å². The SMILES string of the molecule is COC(=O)C1CN(CCc2cccc3ccccc23)C(Cc2cccc(C(F)(F)F)c2)=N1. The fourth-order valence-corrected chi connectivity index (χ4v) is 4.06. The molecule has 0 spiro atoms. The van der Waals surface area contributed by atoms with Gasteiger partial charge in [-0.05, 0) is 34.4 Å². The molecule has 4 rings (SSSR count). The van der Waals surface area contributed by atoms with Gasteiger partial charge in [0.05, 0.1) is 19.2 Å². The second-order valence-corrected chi connectivity index (χ2v) is 7.79. The minimum absolute atomic E-state index is 0.215. The number of ether oxygens (including phenoxy) is 1. The van der Waals surface area contributed by atoms with Crippen molar-refractivity contribution in [2.75, 3.05) is 20.2 Å². The lowest BCUT2D eigenvalue weighted by Gasteiger charge is -2.22. The van der Waals surface area contributed by atoms with E-state index in [1.54, 1.807) is 6.07 Å². The zero-order valence-electron chi connectivity index (χ0n) is 17.6. The highest BCUT2D eigenvalue weighted by Crippen LogP contribution is 2.30. The third-order valence-corrected chi connectivity index (χ3v) is 5.68. The third-order valence-electron chi connectivity index (χ3n) is 5.68. The summed E-state index contributed by atoms with van der Waals surface area (Å²) < 4.78 is 44.2. The van der Waals surface area contributed by atoms with Gasteiger partial charge >= 0.3 is 12.1 Å². The number of fused-ring (bicyclic) bond motifs is 1. The predicted octanol–water partition coefficient (Wildman–Crippen LogP) is 4.90. The van der Waals surface area contributed by atoms with Crippen LogP contribution in [0.4, 0.5) is 13.2 Å². The Kier molecular flexibility index (Phi) is 6.17. The Bertz CT molecular complexity index is 1150. The lowest BCUT2D eigenvalue weighted by atomic mass is 10.0. The van der Waals surface area contributed by atoms with Gasteiger partial charge in [0.15, 0.2) is 6.04 Å². The molecule has 32 heavy (non-hydrogen) atoms.